The van der Waals surface area contributed by atoms with Gasteiger partial charge in [0.1, 0.15) is 0 Å². The molecule has 0 radical (unpaired) electrons. The number of benzene rings is 1. The second-order valence-corrected chi connectivity index (χ2v) is 6.97. The molecule has 0 unspecified atom stereocenters. The predicted octanol–water partition coefficient (Wildman–Crippen LogP) is 2.90. The maximum atomic E-state index is 9.04. The van der Waals surface area contributed by atoms with Crippen molar-refractivity contribution in [1.82, 2.24) is 0 Å². The van der Waals surface area contributed by atoms with Gasteiger partial charge in [-0.05, 0) is 24.1 Å². The molecule has 1 N–H and O–H groups in total. The lowest BCUT2D eigenvalue weighted by atomic mass is 10.1. The summed E-state index contributed by atoms with van der Waals surface area (Å²) < 4.78 is 0.403. The van der Waals surface area contributed by atoms with E-state index in [4.69, 9.17) is 5.11 Å². The van der Waals surface area contributed by atoms with E-state index in [1.54, 1.807) is 0 Å². The summed E-state index contributed by atoms with van der Waals surface area (Å²) in [5.74, 6) is 1.19. The van der Waals surface area contributed by atoms with Crippen LogP contribution >= 0.6 is 11.8 Å². The fourth-order valence-corrected chi connectivity index (χ4v) is 3.19. The molecule has 1 heterocycles. The third-order valence-corrected chi connectivity index (χ3v) is 4.69. The molecule has 3 heteroatoms. The molecule has 0 aromatic heterocycles. The van der Waals surface area contributed by atoms with Crippen molar-refractivity contribution in [3.63, 3.8) is 0 Å². The van der Waals surface area contributed by atoms with Crippen molar-refractivity contribution in [2.24, 2.45) is 0 Å². The van der Waals surface area contributed by atoms with Crippen molar-refractivity contribution in [1.29, 1.82) is 0 Å². The fourth-order valence-electron chi connectivity index (χ4n) is 2.09. The Morgan fingerprint density at radius 2 is 1.94 bits per heavy atom. The molecular formula is C14H21NOS. The number of aliphatic hydroxyl groups is 1. The van der Waals surface area contributed by atoms with Crippen LogP contribution in [0.2, 0.25) is 0 Å². The van der Waals surface area contributed by atoms with Crippen molar-refractivity contribution < 1.29 is 5.11 Å². The normalized spacial score (nSPS) is 20.1. The molecule has 17 heavy (non-hydrogen) atoms. The second-order valence-electron chi connectivity index (χ2n) is 5.17. The van der Waals surface area contributed by atoms with Gasteiger partial charge in [0, 0.05) is 29.3 Å². The van der Waals surface area contributed by atoms with Crippen molar-refractivity contribution in [2.45, 2.75) is 31.6 Å². The highest BCUT2D eigenvalue weighted by molar-refractivity contribution is 8.00. The molecule has 1 aromatic carbocycles. The lowest BCUT2D eigenvalue weighted by molar-refractivity contribution is 0.282. The van der Waals surface area contributed by atoms with E-state index in [2.05, 4.69) is 42.6 Å². The minimum atomic E-state index is 0.128. The van der Waals surface area contributed by atoms with E-state index >= 15 is 0 Å². The van der Waals surface area contributed by atoms with Crippen molar-refractivity contribution in [3.8, 4) is 0 Å². The first-order valence-corrected chi connectivity index (χ1v) is 7.18. The Kier molecular flexibility index (Phi) is 4.00. The van der Waals surface area contributed by atoms with Gasteiger partial charge in [-0.2, -0.15) is 11.8 Å². The van der Waals surface area contributed by atoms with Crippen LogP contribution in [0.25, 0.3) is 0 Å². The zero-order valence-electron chi connectivity index (χ0n) is 10.6. The zero-order chi connectivity index (χ0) is 12.3. The summed E-state index contributed by atoms with van der Waals surface area (Å²) in [4.78, 5) is 2.45. The molecule has 2 rings (SSSR count). The van der Waals surface area contributed by atoms with Gasteiger partial charge in [-0.25, -0.2) is 0 Å². The third kappa shape index (κ3) is 3.39. The average Bonchev–Trinajstić information content (AvgIpc) is 2.50. The lowest BCUT2D eigenvalue weighted by Gasteiger charge is -2.24. The molecule has 1 saturated heterocycles. The summed E-state index contributed by atoms with van der Waals surface area (Å²) >= 11 is 2.07. The first-order chi connectivity index (χ1) is 8.11. The highest BCUT2D eigenvalue weighted by Crippen LogP contribution is 2.32. The Morgan fingerprint density at radius 1 is 1.24 bits per heavy atom. The SMILES string of the molecule is CC1(C)CCN(c2ccc(CO)cc2)CCS1. The smallest absolute Gasteiger partial charge is 0.0681 e. The second kappa shape index (κ2) is 5.32. The van der Waals surface area contributed by atoms with E-state index in [0.29, 0.717) is 4.75 Å². The van der Waals surface area contributed by atoms with Crippen LogP contribution in [-0.2, 0) is 6.61 Å². The van der Waals surface area contributed by atoms with Gasteiger partial charge in [-0.1, -0.05) is 26.0 Å². The van der Waals surface area contributed by atoms with Crippen LogP contribution in [0.3, 0.4) is 0 Å². The molecular weight excluding hydrogens is 230 g/mol. The van der Waals surface area contributed by atoms with Crippen LogP contribution in [0.4, 0.5) is 5.69 Å². The van der Waals surface area contributed by atoms with Gasteiger partial charge in [0.25, 0.3) is 0 Å². The van der Waals surface area contributed by atoms with Crippen molar-refractivity contribution in [2.75, 3.05) is 23.7 Å². The molecule has 1 aliphatic rings. The summed E-state index contributed by atoms with van der Waals surface area (Å²) in [6.07, 6.45) is 1.22. The first-order valence-electron chi connectivity index (χ1n) is 6.19. The van der Waals surface area contributed by atoms with Crippen LogP contribution < -0.4 is 4.90 Å². The molecule has 1 aliphatic heterocycles. The molecule has 0 bridgehead atoms. The van der Waals surface area contributed by atoms with Crippen LogP contribution in [0.1, 0.15) is 25.8 Å². The molecule has 94 valence electrons. The first kappa shape index (κ1) is 12.8. The van der Waals surface area contributed by atoms with Crippen molar-refractivity contribution >= 4 is 17.4 Å². The van der Waals surface area contributed by atoms with E-state index in [1.165, 1.54) is 17.9 Å². The molecule has 2 nitrogen and oxygen atoms in total. The minimum absolute atomic E-state index is 0.128. The molecule has 1 fully saturated rings. The van der Waals surface area contributed by atoms with Crippen LogP contribution in [-0.4, -0.2) is 28.7 Å². The number of anilines is 1. The summed E-state index contributed by atoms with van der Waals surface area (Å²) in [6, 6.07) is 8.26. The summed E-state index contributed by atoms with van der Waals surface area (Å²) in [5.41, 5.74) is 2.26. The van der Waals surface area contributed by atoms with Crippen molar-refractivity contribution in [3.05, 3.63) is 29.8 Å². The van der Waals surface area contributed by atoms with Gasteiger partial charge >= 0.3 is 0 Å². The quantitative estimate of drug-likeness (QED) is 0.874. The van der Waals surface area contributed by atoms with Gasteiger partial charge in [-0.3, -0.25) is 0 Å². The monoisotopic (exact) mass is 251 g/mol. The molecule has 1 aromatic rings. The highest BCUT2D eigenvalue weighted by atomic mass is 32.2. The van der Waals surface area contributed by atoms with E-state index in [0.717, 1.165) is 18.7 Å². The number of hydrogen-bond donors (Lipinski definition) is 1. The van der Waals surface area contributed by atoms with E-state index in [9.17, 15) is 0 Å². The largest absolute Gasteiger partial charge is 0.392 e. The number of rotatable bonds is 2. The Bertz CT molecular complexity index is 361. The van der Waals surface area contributed by atoms with Gasteiger partial charge in [-0.15, -0.1) is 0 Å². The van der Waals surface area contributed by atoms with Gasteiger partial charge in [0.15, 0.2) is 0 Å². The molecule has 0 aliphatic carbocycles. The predicted molar refractivity (Wildman–Crippen MR) is 75.7 cm³/mol. The van der Waals surface area contributed by atoms with Crippen LogP contribution in [0.15, 0.2) is 24.3 Å². The van der Waals surface area contributed by atoms with E-state index < -0.39 is 0 Å². The van der Waals surface area contributed by atoms with Gasteiger partial charge in [0.2, 0.25) is 0 Å². The minimum Gasteiger partial charge on any atom is -0.392 e. The summed E-state index contributed by atoms with van der Waals surface area (Å²) in [6.45, 7) is 7.03. The lowest BCUT2D eigenvalue weighted by Crippen LogP contribution is -2.26. The Hall–Kier alpha value is -0.670. The van der Waals surface area contributed by atoms with Crippen LogP contribution in [0.5, 0.6) is 0 Å². The Balaban J connectivity index is 2.06. The molecule has 0 amide bonds. The Labute approximate surface area is 108 Å². The third-order valence-electron chi connectivity index (χ3n) is 3.32. The number of aliphatic hydroxyl groups excluding tert-OH is 1. The zero-order valence-corrected chi connectivity index (χ0v) is 11.5. The fraction of sp³-hybridized carbons (Fsp3) is 0.571. The average molecular weight is 251 g/mol. The van der Waals surface area contributed by atoms with E-state index in [-0.39, 0.29) is 6.61 Å². The molecule has 0 saturated carbocycles. The maximum Gasteiger partial charge on any atom is 0.0681 e. The molecule has 0 atom stereocenters. The van der Waals surface area contributed by atoms with Crippen LogP contribution in [0, 0.1) is 0 Å². The van der Waals surface area contributed by atoms with Gasteiger partial charge in [0.05, 0.1) is 6.61 Å². The Morgan fingerprint density at radius 3 is 2.59 bits per heavy atom. The topological polar surface area (TPSA) is 23.5 Å². The standard InChI is InChI=1S/C14H21NOS/c1-14(2)7-8-15(9-10-17-14)13-5-3-12(11-16)4-6-13/h3-6,16H,7-11H2,1-2H3. The number of thioether (sulfide) groups is 1. The highest BCUT2D eigenvalue weighted by Gasteiger charge is 2.23. The number of nitrogens with zero attached hydrogens (tertiary/aromatic N) is 1. The summed E-state index contributed by atoms with van der Waals surface area (Å²) in [5, 5.41) is 9.04. The summed E-state index contributed by atoms with van der Waals surface area (Å²) in [7, 11) is 0. The van der Waals surface area contributed by atoms with E-state index in [1.807, 2.05) is 12.1 Å². The van der Waals surface area contributed by atoms with Gasteiger partial charge < -0.3 is 10.0 Å². The maximum absolute atomic E-state index is 9.04. The number of hydrogen-bond acceptors (Lipinski definition) is 3. The molecule has 0 spiro atoms.